The predicted molar refractivity (Wildman–Crippen MR) is 96.7 cm³/mol. The van der Waals surface area contributed by atoms with E-state index in [0.29, 0.717) is 10.6 Å². The second-order valence-corrected chi connectivity index (χ2v) is 7.87. The van der Waals surface area contributed by atoms with E-state index in [-0.39, 0.29) is 16.5 Å². The third-order valence-electron chi connectivity index (χ3n) is 3.10. The molecule has 1 amide bonds. The van der Waals surface area contributed by atoms with E-state index in [1.807, 2.05) is 0 Å². The molecule has 138 valence electrons. The molecule has 2 aromatic rings. The molecule has 2 aromatic carbocycles. The lowest BCUT2D eigenvalue weighted by Gasteiger charge is -2.12. The van der Waals surface area contributed by atoms with Gasteiger partial charge in [-0.25, -0.2) is 13.1 Å². The second kappa shape index (κ2) is 7.48. The summed E-state index contributed by atoms with van der Waals surface area (Å²) in [7, 11) is -3.90. The van der Waals surface area contributed by atoms with E-state index < -0.39 is 32.1 Å². The maximum Gasteiger partial charge on any atom is 0.282 e. The first kappa shape index (κ1) is 20.0. The summed E-state index contributed by atoms with van der Waals surface area (Å²) in [6.45, 7) is 1.69. The van der Waals surface area contributed by atoms with Crippen LogP contribution in [0.25, 0.3) is 0 Å². The first-order valence-electron chi connectivity index (χ1n) is 6.92. The number of nitro groups is 1. The van der Waals surface area contributed by atoms with Crippen molar-refractivity contribution in [2.45, 2.75) is 6.92 Å². The van der Waals surface area contributed by atoms with E-state index in [0.717, 1.165) is 18.4 Å². The summed E-state index contributed by atoms with van der Waals surface area (Å²) < 4.78 is 29.8. The standard InChI is InChI=1S/C15H12Cl2N2O6S/c1-8-5-9(16)6-12(17)14(8)25-10-3-4-13(19(21)22)11(7-10)15(20)18-26(2,23)24/h3-7H,1-2H3,(H,18,20). The van der Waals surface area contributed by atoms with Gasteiger partial charge in [0.05, 0.1) is 16.2 Å². The van der Waals surface area contributed by atoms with Gasteiger partial charge in [0.25, 0.3) is 11.6 Å². The maximum absolute atomic E-state index is 12.1. The molecule has 0 saturated heterocycles. The van der Waals surface area contributed by atoms with Crippen LogP contribution in [0.5, 0.6) is 11.5 Å². The Balaban J connectivity index is 2.48. The number of nitrogens with zero attached hydrogens (tertiary/aromatic N) is 1. The number of nitrogens with one attached hydrogen (secondary N) is 1. The highest BCUT2D eigenvalue weighted by Gasteiger charge is 2.23. The normalized spacial score (nSPS) is 11.1. The Morgan fingerprint density at radius 2 is 1.88 bits per heavy atom. The van der Waals surface area contributed by atoms with Gasteiger partial charge in [-0.2, -0.15) is 0 Å². The number of benzene rings is 2. The van der Waals surface area contributed by atoms with Crippen LogP contribution in [0.4, 0.5) is 5.69 Å². The number of ether oxygens (including phenoxy) is 1. The zero-order valence-electron chi connectivity index (χ0n) is 13.4. The number of carbonyl (C=O) groups excluding carboxylic acids is 1. The third kappa shape index (κ3) is 4.84. The van der Waals surface area contributed by atoms with E-state index in [4.69, 9.17) is 27.9 Å². The van der Waals surface area contributed by atoms with Crippen molar-refractivity contribution >= 4 is 44.8 Å². The molecule has 0 aliphatic rings. The molecule has 0 bridgehead atoms. The minimum Gasteiger partial charge on any atom is -0.455 e. The van der Waals surface area contributed by atoms with Crippen molar-refractivity contribution in [3.63, 3.8) is 0 Å². The first-order chi connectivity index (χ1) is 12.0. The van der Waals surface area contributed by atoms with Crippen LogP contribution in [0.3, 0.4) is 0 Å². The fourth-order valence-corrected chi connectivity index (χ4v) is 3.16. The van der Waals surface area contributed by atoms with Crippen LogP contribution in [0.1, 0.15) is 15.9 Å². The smallest absolute Gasteiger partial charge is 0.282 e. The molecule has 0 atom stereocenters. The van der Waals surface area contributed by atoms with Crippen LogP contribution >= 0.6 is 23.2 Å². The van der Waals surface area contributed by atoms with Crippen LogP contribution in [0.15, 0.2) is 30.3 Å². The monoisotopic (exact) mass is 418 g/mol. The molecule has 26 heavy (non-hydrogen) atoms. The molecule has 0 saturated carbocycles. The van der Waals surface area contributed by atoms with E-state index in [1.54, 1.807) is 17.7 Å². The second-order valence-electron chi connectivity index (χ2n) is 5.28. The molecular weight excluding hydrogens is 407 g/mol. The number of amides is 1. The maximum atomic E-state index is 12.1. The molecule has 8 nitrogen and oxygen atoms in total. The van der Waals surface area contributed by atoms with Crippen LogP contribution in [-0.4, -0.2) is 25.5 Å². The van der Waals surface area contributed by atoms with Crippen LogP contribution < -0.4 is 9.46 Å². The topological polar surface area (TPSA) is 116 Å². The van der Waals surface area contributed by atoms with Crippen molar-refractivity contribution in [1.29, 1.82) is 0 Å². The van der Waals surface area contributed by atoms with Crippen molar-refractivity contribution in [2.75, 3.05) is 6.26 Å². The third-order valence-corrected chi connectivity index (χ3v) is 4.16. The van der Waals surface area contributed by atoms with E-state index in [2.05, 4.69) is 0 Å². The van der Waals surface area contributed by atoms with Gasteiger partial charge in [-0.05, 0) is 30.7 Å². The zero-order chi connectivity index (χ0) is 19.6. The number of hydrogen-bond donors (Lipinski definition) is 1. The highest BCUT2D eigenvalue weighted by Crippen LogP contribution is 2.36. The van der Waals surface area contributed by atoms with E-state index in [1.165, 1.54) is 12.1 Å². The lowest BCUT2D eigenvalue weighted by molar-refractivity contribution is -0.385. The van der Waals surface area contributed by atoms with Gasteiger partial charge >= 0.3 is 0 Å². The number of sulfonamides is 1. The molecule has 1 N–H and O–H groups in total. The Hall–Kier alpha value is -2.36. The molecular formula is C15H12Cl2N2O6S. The molecule has 11 heteroatoms. The SMILES string of the molecule is Cc1cc(Cl)cc(Cl)c1Oc1ccc([N+](=O)[O-])c(C(=O)NS(C)(=O)=O)c1. The average molecular weight is 419 g/mol. The summed E-state index contributed by atoms with van der Waals surface area (Å²) in [5.74, 6) is -0.843. The largest absolute Gasteiger partial charge is 0.455 e. The molecule has 2 rings (SSSR count). The quantitative estimate of drug-likeness (QED) is 0.584. The lowest BCUT2D eigenvalue weighted by Crippen LogP contribution is -2.29. The van der Waals surface area contributed by atoms with Crippen molar-refractivity contribution < 1.29 is 22.9 Å². The number of rotatable bonds is 5. The number of hydrogen-bond acceptors (Lipinski definition) is 6. The Labute approximate surface area is 158 Å². The van der Waals surface area contributed by atoms with Crippen LogP contribution in [0, 0.1) is 17.0 Å². The number of halogens is 2. The van der Waals surface area contributed by atoms with Gasteiger partial charge in [0.15, 0.2) is 0 Å². The lowest BCUT2D eigenvalue weighted by atomic mass is 10.1. The zero-order valence-corrected chi connectivity index (χ0v) is 15.8. The highest BCUT2D eigenvalue weighted by molar-refractivity contribution is 7.89. The Morgan fingerprint density at radius 3 is 2.42 bits per heavy atom. The summed E-state index contributed by atoms with van der Waals surface area (Å²) in [6.07, 6.45) is 0.758. The molecule has 0 fully saturated rings. The average Bonchev–Trinajstić information content (AvgIpc) is 2.48. The summed E-state index contributed by atoms with van der Waals surface area (Å²) in [5, 5.41) is 11.7. The first-order valence-corrected chi connectivity index (χ1v) is 9.56. The van der Waals surface area contributed by atoms with Gasteiger partial charge in [-0.1, -0.05) is 23.2 Å². The van der Waals surface area contributed by atoms with Crippen molar-refractivity contribution in [2.24, 2.45) is 0 Å². The van der Waals surface area contributed by atoms with Gasteiger partial charge in [0, 0.05) is 17.2 Å². The van der Waals surface area contributed by atoms with Crippen LogP contribution in [0.2, 0.25) is 10.0 Å². The minimum atomic E-state index is -3.90. The Bertz CT molecular complexity index is 984. The van der Waals surface area contributed by atoms with Crippen molar-refractivity contribution in [1.82, 2.24) is 4.72 Å². The fourth-order valence-electron chi connectivity index (χ4n) is 2.08. The van der Waals surface area contributed by atoms with Crippen molar-refractivity contribution in [3.8, 4) is 11.5 Å². The van der Waals surface area contributed by atoms with Gasteiger partial charge in [-0.3, -0.25) is 14.9 Å². The summed E-state index contributed by atoms with van der Waals surface area (Å²) in [4.78, 5) is 22.4. The molecule has 0 aliphatic heterocycles. The minimum absolute atomic E-state index is 0.0570. The molecule has 0 unspecified atom stereocenters. The summed E-state index contributed by atoms with van der Waals surface area (Å²) in [5.41, 5.74) is -0.443. The highest BCUT2D eigenvalue weighted by atomic mass is 35.5. The predicted octanol–water partition coefficient (Wildman–Crippen LogP) is 3.69. The Kier molecular flexibility index (Phi) is 5.74. The molecule has 0 radical (unpaired) electrons. The van der Waals surface area contributed by atoms with Gasteiger partial charge < -0.3 is 4.74 Å². The number of aryl methyl sites for hydroxylation is 1. The summed E-state index contributed by atoms with van der Waals surface area (Å²) in [6, 6.07) is 6.41. The van der Waals surface area contributed by atoms with Gasteiger partial charge in [-0.15, -0.1) is 0 Å². The fraction of sp³-hybridized carbons (Fsp3) is 0.133. The molecule has 0 aliphatic carbocycles. The van der Waals surface area contributed by atoms with E-state index in [9.17, 15) is 23.3 Å². The van der Waals surface area contributed by atoms with E-state index >= 15 is 0 Å². The van der Waals surface area contributed by atoms with Gasteiger partial charge in [0.1, 0.15) is 17.1 Å². The Morgan fingerprint density at radius 1 is 1.23 bits per heavy atom. The number of nitro benzene ring substituents is 1. The van der Waals surface area contributed by atoms with Crippen LogP contribution in [-0.2, 0) is 10.0 Å². The molecule has 0 heterocycles. The number of carbonyl (C=O) groups is 1. The molecule has 0 spiro atoms. The van der Waals surface area contributed by atoms with Crippen molar-refractivity contribution in [3.05, 3.63) is 61.6 Å². The summed E-state index contributed by atoms with van der Waals surface area (Å²) >= 11 is 12.0. The molecule has 0 aromatic heterocycles. The van der Waals surface area contributed by atoms with Gasteiger partial charge in [0.2, 0.25) is 10.0 Å².